The molecule has 21 heavy (non-hydrogen) atoms. The molecular weight excluding hydrogens is 372 g/mol. The maximum atomic E-state index is 12.1. The van der Waals surface area contributed by atoms with Crippen LogP contribution in [-0.2, 0) is 11.3 Å². The molecule has 0 fully saturated rings. The Morgan fingerprint density at radius 2 is 2.14 bits per heavy atom. The molecule has 0 aliphatic heterocycles. The lowest BCUT2D eigenvalue weighted by molar-refractivity contribution is -0.884. The molecule has 1 atom stereocenters. The topological polar surface area (TPSA) is 33.5 Å². The quantitative estimate of drug-likeness (QED) is 0.810. The van der Waals surface area contributed by atoms with Gasteiger partial charge in [-0.1, -0.05) is 17.7 Å². The van der Waals surface area contributed by atoms with Crippen LogP contribution in [0.2, 0.25) is 5.02 Å². The summed E-state index contributed by atoms with van der Waals surface area (Å²) in [4.78, 5) is 14.4. The third kappa shape index (κ3) is 5.11. The molecule has 0 bridgehead atoms. The molecule has 0 saturated carbocycles. The molecule has 0 spiro atoms. The van der Waals surface area contributed by atoms with Crippen molar-refractivity contribution in [2.75, 3.05) is 18.9 Å². The van der Waals surface area contributed by atoms with Crippen molar-refractivity contribution in [1.82, 2.24) is 0 Å². The lowest BCUT2D eigenvalue weighted by Crippen LogP contribution is -3.08. The van der Waals surface area contributed by atoms with Crippen LogP contribution in [0.1, 0.15) is 10.4 Å². The zero-order valence-electron chi connectivity index (χ0n) is 11.9. The summed E-state index contributed by atoms with van der Waals surface area (Å²) < 4.78 is 1.11. The van der Waals surface area contributed by atoms with Gasteiger partial charge in [0.05, 0.1) is 26.4 Å². The maximum absolute atomic E-state index is 12.1. The minimum Gasteiger partial charge on any atom is -0.325 e. The van der Waals surface area contributed by atoms with Crippen molar-refractivity contribution in [3.63, 3.8) is 0 Å². The van der Waals surface area contributed by atoms with Gasteiger partial charge in [-0.3, -0.25) is 4.79 Å². The largest absolute Gasteiger partial charge is 0.325 e. The molecule has 1 aromatic heterocycles. The molecule has 2 aromatic rings. The van der Waals surface area contributed by atoms with Gasteiger partial charge in [0.15, 0.2) is 6.54 Å². The molecule has 6 heteroatoms. The van der Waals surface area contributed by atoms with E-state index in [1.165, 1.54) is 4.88 Å². The van der Waals surface area contributed by atoms with Crippen LogP contribution in [0.3, 0.4) is 0 Å². The number of aryl methyl sites for hydroxylation is 1. The summed E-state index contributed by atoms with van der Waals surface area (Å²) in [6.07, 6.45) is 0. The first kappa shape index (κ1) is 16.5. The zero-order chi connectivity index (χ0) is 15.4. The molecule has 0 aliphatic rings. The molecule has 1 aromatic carbocycles. The molecule has 112 valence electrons. The number of likely N-dealkylation sites (N-methyl/N-ethyl adjacent to an activating group) is 1. The van der Waals surface area contributed by atoms with E-state index in [1.54, 1.807) is 11.3 Å². The molecule has 1 heterocycles. The number of rotatable bonds is 5. The van der Waals surface area contributed by atoms with Crippen LogP contribution in [0.5, 0.6) is 0 Å². The number of thiophene rings is 1. The highest BCUT2D eigenvalue weighted by Gasteiger charge is 2.13. The summed E-state index contributed by atoms with van der Waals surface area (Å²) in [5.41, 5.74) is 1.74. The maximum Gasteiger partial charge on any atom is 0.279 e. The Bertz CT molecular complexity index is 644. The third-order valence-electron chi connectivity index (χ3n) is 2.97. The summed E-state index contributed by atoms with van der Waals surface area (Å²) in [5, 5.41) is 3.43. The van der Waals surface area contributed by atoms with Crippen molar-refractivity contribution in [1.29, 1.82) is 0 Å². The molecule has 0 saturated heterocycles. The number of anilines is 1. The molecule has 1 unspecified atom stereocenters. The Labute approximate surface area is 142 Å². The fourth-order valence-electron chi connectivity index (χ4n) is 2.00. The van der Waals surface area contributed by atoms with Gasteiger partial charge in [0.1, 0.15) is 6.54 Å². The van der Waals surface area contributed by atoms with Crippen LogP contribution < -0.4 is 10.2 Å². The molecule has 2 N–H and O–H groups in total. The summed E-state index contributed by atoms with van der Waals surface area (Å²) in [7, 11) is 2.00. The fraction of sp³-hybridized carbons (Fsp3) is 0.267. The second kappa shape index (κ2) is 7.40. The Morgan fingerprint density at radius 1 is 1.38 bits per heavy atom. The van der Waals surface area contributed by atoms with E-state index in [4.69, 9.17) is 11.6 Å². The first-order valence-electron chi connectivity index (χ1n) is 6.55. The van der Waals surface area contributed by atoms with E-state index < -0.39 is 0 Å². The van der Waals surface area contributed by atoms with Crippen molar-refractivity contribution in [3.05, 3.63) is 49.6 Å². The summed E-state index contributed by atoms with van der Waals surface area (Å²) in [6.45, 7) is 3.19. The number of benzene rings is 1. The highest BCUT2D eigenvalue weighted by molar-refractivity contribution is 9.11. The van der Waals surface area contributed by atoms with E-state index in [0.717, 1.165) is 20.8 Å². The van der Waals surface area contributed by atoms with Crippen molar-refractivity contribution in [3.8, 4) is 0 Å². The van der Waals surface area contributed by atoms with Gasteiger partial charge in [0.2, 0.25) is 0 Å². The second-order valence-electron chi connectivity index (χ2n) is 5.05. The van der Waals surface area contributed by atoms with E-state index in [-0.39, 0.29) is 5.91 Å². The van der Waals surface area contributed by atoms with E-state index in [1.807, 2.05) is 38.2 Å². The Hall–Kier alpha value is -0.880. The van der Waals surface area contributed by atoms with Crippen LogP contribution >= 0.6 is 38.9 Å². The Balaban J connectivity index is 1.89. The number of carbonyl (C=O) groups is 1. The van der Waals surface area contributed by atoms with Crippen molar-refractivity contribution in [2.24, 2.45) is 0 Å². The van der Waals surface area contributed by atoms with E-state index in [9.17, 15) is 4.79 Å². The summed E-state index contributed by atoms with van der Waals surface area (Å²) in [6, 6.07) is 9.71. The minimum atomic E-state index is -0.0334. The average molecular weight is 389 g/mol. The number of carbonyl (C=O) groups excluding carboxylic acids is 1. The molecular formula is C15H17BrClN2OS+. The zero-order valence-corrected chi connectivity index (χ0v) is 15.0. The normalized spacial score (nSPS) is 12.2. The lowest BCUT2D eigenvalue weighted by atomic mass is 10.2. The molecule has 2 rings (SSSR count). The number of hydrogen-bond donors (Lipinski definition) is 2. The van der Waals surface area contributed by atoms with Gasteiger partial charge in [-0.15, -0.1) is 11.3 Å². The van der Waals surface area contributed by atoms with Gasteiger partial charge in [-0.2, -0.15) is 0 Å². The number of halogens is 2. The number of nitrogens with one attached hydrogen (secondary N) is 2. The lowest BCUT2D eigenvalue weighted by Gasteiger charge is -2.13. The van der Waals surface area contributed by atoms with Crippen LogP contribution in [0.4, 0.5) is 5.69 Å². The van der Waals surface area contributed by atoms with Gasteiger partial charge in [-0.05, 0) is 52.7 Å². The van der Waals surface area contributed by atoms with Crippen molar-refractivity contribution >= 4 is 50.5 Å². The monoisotopic (exact) mass is 387 g/mol. The van der Waals surface area contributed by atoms with Crippen molar-refractivity contribution in [2.45, 2.75) is 13.5 Å². The van der Waals surface area contributed by atoms with Gasteiger partial charge >= 0.3 is 0 Å². The third-order valence-corrected chi connectivity index (χ3v) is 4.90. The smallest absolute Gasteiger partial charge is 0.279 e. The average Bonchev–Trinajstić information content (AvgIpc) is 2.78. The summed E-state index contributed by atoms with van der Waals surface area (Å²) in [5.74, 6) is -0.0334. The first-order valence-corrected chi connectivity index (χ1v) is 8.54. The van der Waals surface area contributed by atoms with Crippen molar-refractivity contribution < 1.29 is 9.69 Å². The van der Waals surface area contributed by atoms with Crippen LogP contribution in [0.15, 0.2) is 34.1 Å². The molecule has 0 radical (unpaired) electrons. The first-order chi connectivity index (χ1) is 9.94. The predicted octanol–water partition coefficient (Wildman–Crippen LogP) is 3.13. The van der Waals surface area contributed by atoms with Gasteiger partial charge in [0.25, 0.3) is 5.91 Å². The standard InChI is InChI=1S/C15H16BrClN2OS/c1-10-3-5-13(12(17)7-10)18-15(20)9-19(2)8-11-4-6-14(16)21-11/h3-7H,8-9H2,1-2H3,(H,18,20)/p+1. The highest BCUT2D eigenvalue weighted by Crippen LogP contribution is 2.22. The SMILES string of the molecule is Cc1ccc(NC(=O)C[NH+](C)Cc2ccc(Br)s2)c(Cl)c1. The predicted molar refractivity (Wildman–Crippen MR) is 92.3 cm³/mol. The van der Waals surface area contributed by atoms with E-state index >= 15 is 0 Å². The van der Waals surface area contributed by atoms with Crippen LogP contribution in [0.25, 0.3) is 0 Å². The fourth-order valence-corrected chi connectivity index (χ4v) is 3.88. The van der Waals surface area contributed by atoms with E-state index in [0.29, 0.717) is 17.3 Å². The van der Waals surface area contributed by atoms with Gasteiger partial charge < -0.3 is 10.2 Å². The second-order valence-corrected chi connectivity index (χ2v) is 8.00. The molecule has 3 nitrogen and oxygen atoms in total. The van der Waals surface area contributed by atoms with Crippen LogP contribution in [0, 0.1) is 6.92 Å². The minimum absolute atomic E-state index is 0.0334. The summed E-state index contributed by atoms with van der Waals surface area (Å²) >= 11 is 11.3. The Morgan fingerprint density at radius 3 is 2.76 bits per heavy atom. The van der Waals surface area contributed by atoms with E-state index in [2.05, 4.69) is 27.3 Å². The number of quaternary nitrogens is 1. The highest BCUT2D eigenvalue weighted by atomic mass is 79.9. The van der Waals surface area contributed by atoms with Gasteiger partial charge in [0, 0.05) is 0 Å². The van der Waals surface area contributed by atoms with Crippen LogP contribution in [-0.4, -0.2) is 19.5 Å². The molecule has 1 amide bonds. The Kier molecular flexibility index (Phi) is 5.81. The number of amides is 1. The number of hydrogen-bond acceptors (Lipinski definition) is 2. The molecule has 0 aliphatic carbocycles. The van der Waals surface area contributed by atoms with Gasteiger partial charge in [-0.25, -0.2) is 0 Å².